The summed E-state index contributed by atoms with van der Waals surface area (Å²) >= 11 is 19.4. The van der Waals surface area contributed by atoms with Gasteiger partial charge in [0.1, 0.15) is 6.61 Å². The summed E-state index contributed by atoms with van der Waals surface area (Å²) in [6.07, 6.45) is 1.53. The van der Waals surface area contributed by atoms with Crippen molar-refractivity contribution in [3.8, 4) is 5.75 Å². The van der Waals surface area contributed by atoms with Gasteiger partial charge in [0, 0.05) is 17.2 Å². The topological polar surface area (TPSA) is 89.7 Å². The van der Waals surface area contributed by atoms with Gasteiger partial charge in [-0.3, -0.25) is 19.7 Å². The smallest absolute Gasteiger partial charge is 0.298 e. The monoisotopic (exact) mass is 534 g/mol. The van der Waals surface area contributed by atoms with Gasteiger partial charge in [0.15, 0.2) is 5.75 Å². The molecule has 0 saturated carbocycles. The quantitative estimate of drug-likeness (QED) is 0.186. The lowest BCUT2D eigenvalue weighted by Crippen LogP contribution is -2.27. The zero-order chi connectivity index (χ0) is 24.4. The zero-order valence-electron chi connectivity index (χ0n) is 17.0. The molecule has 4 rings (SSSR count). The molecule has 1 heterocycles. The molecule has 0 unspecified atom stereocenters. The first-order chi connectivity index (χ1) is 16.2. The fourth-order valence-electron chi connectivity index (χ4n) is 3.10. The summed E-state index contributed by atoms with van der Waals surface area (Å²) in [6, 6.07) is 15.4. The third-order valence-corrected chi connectivity index (χ3v) is 6.41. The van der Waals surface area contributed by atoms with Crippen LogP contribution in [0.3, 0.4) is 0 Å². The number of hydrogen-bond acceptors (Lipinski definition) is 6. The van der Waals surface area contributed by atoms with Gasteiger partial charge in [-0.25, -0.2) is 4.90 Å². The average Bonchev–Trinajstić information content (AvgIpc) is 3.07. The molecule has 7 nitrogen and oxygen atoms in total. The van der Waals surface area contributed by atoms with Crippen LogP contribution < -0.4 is 9.64 Å². The molecule has 172 valence electrons. The number of ether oxygens (including phenoxy) is 1. The molecule has 3 aromatic rings. The number of nitro benzene ring substituents is 1. The van der Waals surface area contributed by atoms with Crippen molar-refractivity contribution < 1.29 is 19.2 Å². The third kappa shape index (κ3) is 5.20. The van der Waals surface area contributed by atoms with Crippen LogP contribution in [0.15, 0.2) is 65.6 Å². The van der Waals surface area contributed by atoms with Gasteiger partial charge >= 0.3 is 0 Å². The number of anilines is 1. The van der Waals surface area contributed by atoms with E-state index in [1.54, 1.807) is 48.5 Å². The lowest BCUT2D eigenvalue weighted by atomic mass is 10.2. The van der Waals surface area contributed by atoms with Crippen molar-refractivity contribution >= 4 is 75.2 Å². The first-order valence-corrected chi connectivity index (χ1v) is 11.6. The Balaban J connectivity index is 1.51. The number of imide groups is 1. The Bertz CT molecular complexity index is 1300. The second kappa shape index (κ2) is 10.1. The van der Waals surface area contributed by atoms with E-state index < -0.39 is 16.1 Å². The number of nitro groups is 1. The normalized spacial score (nSPS) is 14.7. The first kappa shape index (κ1) is 24.1. The van der Waals surface area contributed by atoms with E-state index in [0.29, 0.717) is 21.8 Å². The van der Waals surface area contributed by atoms with E-state index >= 15 is 0 Å². The van der Waals surface area contributed by atoms with Crippen LogP contribution in [0, 0.1) is 10.1 Å². The molecule has 1 fully saturated rings. The SMILES string of the molecule is O=C1S/C(=C/c2cc(Cl)c(OCc3ccc([N+](=O)[O-])cc3)c(Cl)c2)C(=O)N1c1ccc(Cl)cc1. The van der Waals surface area contributed by atoms with Crippen LogP contribution in [0.4, 0.5) is 16.2 Å². The highest BCUT2D eigenvalue weighted by molar-refractivity contribution is 8.19. The van der Waals surface area contributed by atoms with Crippen LogP contribution in [0.5, 0.6) is 5.75 Å². The van der Waals surface area contributed by atoms with Gasteiger partial charge < -0.3 is 4.74 Å². The van der Waals surface area contributed by atoms with Gasteiger partial charge in [0.2, 0.25) is 0 Å². The largest absolute Gasteiger partial charge is 0.486 e. The lowest BCUT2D eigenvalue weighted by molar-refractivity contribution is -0.384. The predicted octanol–water partition coefficient (Wildman–Crippen LogP) is 7.37. The molecule has 0 bridgehead atoms. The maximum Gasteiger partial charge on any atom is 0.298 e. The first-order valence-electron chi connectivity index (χ1n) is 9.61. The van der Waals surface area contributed by atoms with Gasteiger partial charge in [-0.2, -0.15) is 0 Å². The molecule has 11 heteroatoms. The van der Waals surface area contributed by atoms with E-state index in [-0.39, 0.29) is 33.0 Å². The number of hydrogen-bond donors (Lipinski definition) is 0. The van der Waals surface area contributed by atoms with Crippen LogP contribution in [-0.4, -0.2) is 16.1 Å². The van der Waals surface area contributed by atoms with E-state index in [1.165, 1.54) is 18.2 Å². The molecule has 0 aliphatic carbocycles. The lowest BCUT2D eigenvalue weighted by Gasteiger charge is -2.12. The number of rotatable bonds is 6. The van der Waals surface area contributed by atoms with Gasteiger partial charge in [-0.1, -0.05) is 34.8 Å². The maximum absolute atomic E-state index is 12.8. The van der Waals surface area contributed by atoms with Gasteiger partial charge in [0.05, 0.1) is 25.6 Å². The van der Waals surface area contributed by atoms with Gasteiger partial charge in [-0.05, 0) is 77.5 Å². The fraction of sp³-hybridized carbons (Fsp3) is 0.0435. The second-order valence-corrected chi connectivity index (χ2v) is 9.26. The summed E-state index contributed by atoms with van der Waals surface area (Å²) in [6.45, 7) is 0.0940. The summed E-state index contributed by atoms with van der Waals surface area (Å²) in [5.74, 6) is -0.240. The van der Waals surface area contributed by atoms with Crippen molar-refractivity contribution in [3.63, 3.8) is 0 Å². The minimum atomic E-state index is -0.485. The molecule has 0 atom stereocenters. The minimum absolute atomic E-state index is 0.0235. The van der Waals surface area contributed by atoms with Gasteiger partial charge in [-0.15, -0.1) is 0 Å². The number of non-ortho nitro benzene ring substituents is 1. The number of carbonyl (C=O) groups is 2. The van der Waals surface area contributed by atoms with Crippen LogP contribution in [0.2, 0.25) is 15.1 Å². The van der Waals surface area contributed by atoms with Crippen LogP contribution in [-0.2, 0) is 11.4 Å². The molecule has 1 aliphatic heterocycles. The summed E-state index contributed by atoms with van der Waals surface area (Å²) in [7, 11) is 0. The molecule has 1 aliphatic rings. The molecule has 0 radical (unpaired) electrons. The van der Waals surface area contributed by atoms with Crippen LogP contribution in [0.1, 0.15) is 11.1 Å². The van der Waals surface area contributed by atoms with Crippen molar-refractivity contribution in [1.29, 1.82) is 0 Å². The number of amides is 2. The molecule has 0 N–H and O–H groups in total. The number of thioether (sulfide) groups is 1. The van der Waals surface area contributed by atoms with Crippen molar-refractivity contribution in [2.75, 3.05) is 4.90 Å². The van der Waals surface area contributed by atoms with E-state index in [4.69, 9.17) is 39.5 Å². The Morgan fingerprint density at radius 2 is 1.59 bits per heavy atom. The highest BCUT2D eigenvalue weighted by atomic mass is 35.5. The highest BCUT2D eigenvalue weighted by Crippen LogP contribution is 2.39. The Morgan fingerprint density at radius 1 is 0.971 bits per heavy atom. The fourth-order valence-corrected chi connectivity index (χ4v) is 4.68. The summed E-state index contributed by atoms with van der Waals surface area (Å²) in [5.41, 5.74) is 1.60. The molecular weight excluding hydrogens is 523 g/mol. The Morgan fingerprint density at radius 3 is 2.18 bits per heavy atom. The molecular formula is C23H13Cl3N2O5S. The molecule has 1 saturated heterocycles. The van der Waals surface area contributed by atoms with Gasteiger partial charge in [0.25, 0.3) is 16.8 Å². The Labute approximate surface area is 213 Å². The molecule has 0 aromatic heterocycles. The molecule has 0 spiro atoms. The molecule has 3 aromatic carbocycles. The predicted molar refractivity (Wildman–Crippen MR) is 134 cm³/mol. The molecule has 34 heavy (non-hydrogen) atoms. The van der Waals surface area contributed by atoms with Crippen LogP contribution in [0.25, 0.3) is 6.08 Å². The zero-order valence-corrected chi connectivity index (χ0v) is 20.1. The van der Waals surface area contributed by atoms with Crippen molar-refractivity contribution in [2.45, 2.75) is 6.61 Å². The van der Waals surface area contributed by atoms with E-state index in [9.17, 15) is 19.7 Å². The second-order valence-electron chi connectivity index (χ2n) is 7.02. The Kier molecular flexibility index (Phi) is 7.13. The highest BCUT2D eigenvalue weighted by Gasteiger charge is 2.36. The number of nitrogens with zero attached hydrogens (tertiary/aromatic N) is 2. The minimum Gasteiger partial charge on any atom is -0.486 e. The number of halogens is 3. The third-order valence-electron chi connectivity index (χ3n) is 4.73. The van der Waals surface area contributed by atoms with Crippen LogP contribution >= 0.6 is 46.6 Å². The van der Waals surface area contributed by atoms with E-state index in [0.717, 1.165) is 16.7 Å². The van der Waals surface area contributed by atoms with E-state index in [1.807, 2.05) is 0 Å². The van der Waals surface area contributed by atoms with Crippen molar-refractivity contribution in [2.24, 2.45) is 0 Å². The Hall–Kier alpha value is -3.04. The standard InChI is InChI=1S/C23H13Cl3N2O5S/c24-15-3-7-16(8-4-15)27-22(29)20(34-23(27)30)11-14-9-18(25)21(19(26)10-14)33-12-13-1-5-17(6-2-13)28(31)32/h1-11H,12H2/b20-11+. The number of carbonyl (C=O) groups excluding carboxylic acids is 2. The summed E-state index contributed by atoms with van der Waals surface area (Å²) < 4.78 is 5.70. The maximum atomic E-state index is 12.8. The summed E-state index contributed by atoms with van der Waals surface area (Å²) in [5, 5.41) is 11.2. The van der Waals surface area contributed by atoms with E-state index in [2.05, 4.69) is 0 Å². The average molecular weight is 536 g/mol. The van der Waals surface area contributed by atoms with Crippen molar-refractivity contribution in [3.05, 3.63) is 102 Å². The molecule has 2 amide bonds. The van der Waals surface area contributed by atoms with Crippen molar-refractivity contribution in [1.82, 2.24) is 0 Å². The summed E-state index contributed by atoms with van der Waals surface area (Å²) in [4.78, 5) is 36.8. The number of benzene rings is 3.